The molecule has 6 heteroatoms. The number of thioether (sulfide) groups is 1. The number of benzene rings is 2. The molecule has 0 spiro atoms. The number of hydrogen-bond donors (Lipinski definition) is 1. The van der Waals surface area contributed by atoms with Crippen molar-refractivity contribution in [2.75, 3.05) is 11.5 Å². The van der Waals surface area contributed by atoms with Crippen LogP contribution in [0.2, 0.25) is 0 Å². The minimum Gasteiger partial charge on any atom is -0.494 e. The van der Waals surface area contributed by atoms with E-state index >= 15 is 0 Å². The number of carbonyl (C=O) groups is 2. The van der Waals surface area contributed by atoms with Gasteiger partial charge in [0.05, 0.1) is 30.5 Å². The first kappa shape index (κ1) is 18.3. The van der Waals surface area contributed by atoms with Crippen molar-refractivity contribution in [3.8, 4) is 5.75 Å². The van der Waals surface area contributed by atoms with E-state index in [0.717, 1.165) is 28.3 Å². The maximum absolute atomic E-state index is 12.9. The highest BCUT2D eigenvalue weighted by Crippen LogP contribution is 2.40. The lowest BCUT2D eigenvalue weighted by Gasteiger charge is -2.33. The van der Waals surface area contributed by atoms with E-state index in [-0.39, 0.29) is 12.3 Å². The Morgan fingerprint density at radius 2 is 1.92 bits per heavy atom. The lowest BCUT2D eigenvalue weighted by atomic mass is 10.1. The van der Waals surface area contributed by atoms with E-state index in [4.69, 9.17) is 9.84 Å². The van der Waals surface area contributed by atoms with E-state index in [9.17, 15) is 9.59 Å². The van der Waals surface area contributed by atoms with E-state index in [2.05, 4.69) is 6.92 Å². The Balaban J connectivity index is 1.82. The van der Waals surface area contributed by atoms with Gasteiger partial charge in [-0.25, -0.2) is 0 Å². The zero-order valence-electron chi connectivity index (χ0n) is 14.6. The largest absolute Gasteiger partial charge is 0.494 e. The van der Waals surface area contributed by atoms with Gasteiger partial charge in [-0.2, -0.15) is 0 Å². The molecule has 1 amide bonds. The fourth-order valence-corrected chi connectivity index (χ4v) is 4.04. The topological polar surface area (TPSA) is 66.8 Å². The van der Waals surface area contributed by atoms with Crippen LogP contribution in [-0.4, -0.2) is 28.8 Å². The Kier molecular flexibility index (Phi) is 5.83. The normalized spacial score (nSPS) is 16.3. The molecule has 26 heavy (non-hydrogen) atoms. The highest BCUT2D eigenvalue weighted by Gasteiger charge is 2.34. The van der Waals surface area contributed by atoms with Crippen LogP contribution in [0.3, 0.4) is 0 Å². The quantitative estimate of drug-likeness (QED) is 0.798. The van der Waals surface area contributed by atoms with Gasteiger partial charge < -0.3 is 14.7 Å². The van der Waals surface area contributed by atoms with Crippen LogP contribution in [0.25, 0.3) is 0 Å². The first-order chi connectivity index (χ1) is 12.6. The molecule has 0 saturated carbocycles. The van der Waals surface area contributed by atoms with Gasteiger partial charge >= 0.3 is 5.97 Å². The number of amides is 1. The van der Waals surface area contributed by atoms with E-state index in [0.29, 0.717) is 13.2 Å². The smallest absolute Gasteiger partial charge is 0.305 e. The van der Waals surface area contributed by atoms with Gasteiger partial charge in [0.2, 0.25) is 5.91 Å². The molecule has 0 fully saturated rings. The lowest BCUT2D eigenvalue weighted by Crippen LogP contribution is -2.41. The molecule has 0 radical (unpaired) electrons. The lowest BCUT2D eigenvalue weighted by molar-refractivity contribution is -0.138. The van der Waals surface area contributed by atoms with E-state index in [1.807, 2.05) is 48.5 Å². The summed E-state index contributed by atoms with van der Waals surface area (Å²) < 4.78 is 5.59. The van der Waals surface area contributed by atoms with Gasteiger partial charge in [-0.1, -0.05) is 31.2 Å². The molecule has 0 aliphatic carbocycles. The summed E-state index contributed by atoms with van der Waals surface area (Å²) >= 11 is 1.33. The van der Waals surface area contributed by atoms with Gasteiger partial charge in [0.1, 0.15) is 5.75 Å². The van der Waals surface area contributed by atoms with Gasteiger partial charge in [-0.3, -0.25) is 9.59 Å². The predicted molar refractivity (Wildman–Crippen MR) is 102 cm³/mol. The van der Waals surface area contributed by atoms with Gasteiger partial charge in [-0.05, 0) is 36.2 Å². The maximum atomic E-state index is 12.9. The molecular weight excluding hydrogens is 350 g/mol. The Labute approximate surface area is 157 Å². The number of anilines is 1. The summed E-state index contributed by atoms with van der Waals surface area (Å²) in [5, 5.41) is 8.51. The van der Waals surface area contributed by atoms with Crippen molar-refractivity contribution in [2.24, 2.45) is 0 Å². The summed E-state index contributed by atoms with van der Waals surface area (Å²) in [6.07, 6.45) is 0.765. The predicted octanol–water partition coefficient (Wildman–Crippen LogP) is 3.96. The van der Waals surface area contributed by atoms with Crippen molar-refractivity contribution in [3.05, 3.63) is 54.1 Å². The van der Waals surface area contributed by atoms with Crippen molar-refractivity contribution in [3.63, 3.8) is 0 Å². The fraction of sp³-hybridized carbons (Fsp3) is 0.300. The number of hydrogen-bond acceptors (Lipinski definition) is 4. The molecule has 5 nitrogen and oxygen atoms in total. The number of carboxylic acids is 1. The van der Waals surface area contributed by atoms with Crippen LogP contribution in [0.5, 0.6) is 5.75 Å². The number of nitrogens with zero attached hydrogens (tertiary/aromatic N) is 1. The maximum Gasteiger partial charge on any atom is 0.305 e. The van der Waals surface area contributed by atoms with E-state index in [1.165, 1.54) is 11.8 Å². The molecule has 2 aromatic rings. The summed E-state index contributed by atoms with van der Waals surface area (Å²) in [5.74, 6) is -0.324. The van der Waals surface area contributed by atoms with Crippen LogP contribution < -0.4 is 9.64 Å². The summed E-state index contributed by atoms with van der Waals surface area (Å²) in [4.78, 5) is 26.6. The minimum absolute atomic E-state index is 0.164. The van der Waals surface area contributed by atoms with E-state index < -0.39 is 11.2 Å². The SMILES string of the molecule is CCCOc1ccc(CN2C(=O)C(CC(=O)O)Sc3ccccc32)cc1. The number of carbonyl (C=O) groups excluding carboxylic acids is 1. The van der Waals surface area contributed by atoms with Crippen LogP contribution >= 0.6 is 11.8 Å². The molecular formula is C20H21NO4S. The summed E-state index contributed by atoms with van der Waals surface area (Å²) in [7, 11) is 0. The standard InChI is InChI=1S/C20H21NO4S/c1-2-11-25-15-9-7-14(8-10-15)13-21-16-5-3-4-6-17(16)26-18(20(21)24)12-19(22)23/h3-10,18H,2,11-13H2,1H3,(H,22,23). The number of ether oxygens (including phenoxy) is 1. The van der Waals surface area contributed by atoms with Gasteiger partial charge in [0.25, 0.3) is 0 Å². The molecule has 1 aliphatic rings. The summed E-state index contributed by atoms with van der Waals surface area (Å²) in [6, 6.07) is 15.3. The third-order valence-electron chi connectivity index (χ3n) is 4.06. The second kappa shape index (κ2) is 8.27. The first-order valence-electron chi connectivity index (χ1n) is 8.59. The molecule has 1 heterocycles. The molecule has 136 valence electrons. The van der Waals surface area contributed by atoms with Crippen LogP contribution in [-0.2, 0) is 16.1 Å². The summed E-state index contributed by atoms with van der Waals surface area (Å²) in [5.41, 5.74) is 1.80. The third kappa shape index (κ3) is 4.19. The molecule has 3 rings (SSSR count). The molecule has 0 aromatic heterocycles. The number of fused-ring (bicyclic) bond motifs is 1. The average molecular weight is 371 g/mol. The van der Waals surface area contributed by atoms with Crippen molar-refractivity contribution < 1.29 is 19.4 Å². The van der Waals surface area contributed by atoms with Crippen LogP contribution in [0.4, 0.5) is 5.69 Å². The zero-order chi connectivity index (χ0) is 18.5. The Morgan fingerprint density at radius 1 is 1.19 bits per heavy atom. The molecule has 0 bridgehead atoms. The average Bonchev–Trinajstić information content (AvgIpc) is 2.64. The summed E-state index contributed by atoms with van der Waals surface area (Å²) in [6.45, 7) is 3.13. The first-order valence-corrected chi connectivity index (χ1v) is 9.47. The number of rotatable bonds is 7. The highest BCUT2D eigenvalue weighted by molar-refractivity contribution is 8.01. The third-order valence-corrected chi connectivity index (χ3v) is 5.32. The second-order valence-corrected chi connectivity index (χ2v) is 7.33. The molecule has 1 unspecified atom stereocenters. The van der Waals surface area contributed by atoms with Crippen LogP contribution in [0, 0.1) is 0 Å². The van der Waals surface area contributed by atoms with Gasteiger partial charge in [0, 0.05) is 4.90 Å². The van der Waals surface area contributed by atoms with Crippen molar-refractivity contribution in [2.45, 2.75) is 36.5 Å². The Morgan fingerprint density at radius 3 is 2.62 bits per heavy atom. The highest BCUT2D eigenvalue weighted by atomic mass is 32.2. The minimum atomic E-state index is -0.965. The number of carboxylic acid groups (broad SMARTS) is 1. The van der Waals surface area contributed by atoms with Crippen molar-refractivity contribution >= 4 is 29.3 Å². The van der Waals surface area contributed by atoms with E-state index in [1.54, 1.807) is 4.90 Å². The second-order valence-electron chi connectivity index (χ2n) is 6.09. The number of para-hydroxylation sites is 1. The number of aliphatic carboxylic acids is 1. The monoisotopic (exact) mass is 371 g/mol. The van der Waals surface area contributed by atoms with Gasteiger partial charge in [0.15, 0.2) is 0 Å². The Hall–Kier alpha value is -2.47. The van der Waals surface area contributed by atoms with Gasteiger partial charge in [-0.15, -0.1) is 11.8 Å². The van der Waals surface area contributed by atoms with Crippen molar-refractivity contribution in [1.82, 2.24) is 0 Å². The molecule has 2 aromatic carbocycles. The fourth-order valence-electron chi connectivity index (χ4n) is 2.82. The zero-order valence-corrected chi connectivity index (χ0v) is 15.4. The van der Waals surface area contributed by atoms with Crippen LogP contribution in [0.15, 0.2) is 53.4 Å². The molecule has 0 saturated heterocycles. The molecule has 1 atom stereocenters. The molecule has 1 aliphatic heterocycles. The Bertz CT molecular complexity index is 791. The molecule has 1 N–H and O–H groups in total. The van der Waals surface area contributed by atoms with Crippen LogP contribution in [0.1, 0.15) is 25.3 Å². The van der Waals surface area contributed by atoms with Crippen molar-refractivity contribution in [1.29, 1.82) is 0 Å².